The minimum Gasteiger partial charge on any atom is -0.134 e. The van der Waals surface area contributed by atoms with Gasteiger partial charge in [0.25, 0.3) is 0 Å². The summed E-state index contributed by atoms with van der Waals surface area (Å²) in [6.07, 6.45) is 0. The highest BCUT2D eigenvalue weighted by Crippen LogP contribution is 2.48. The fourth-order valence-corrected chi connectivity index (χ4v) is 14.6. The fourth-order valence-electron chi connectivity index (χ4n) is 9.18. The van der Waals surface area contributed by atoms with E-state index in [2.05, 4.69) is 182 Å². The van der Waals surface area contributed by atoms with Gasteiger partial charge in [0.15, 0.2) is 0 Å². The average Bonchev–Trinajstić information content (AvgIpc) is 4.03. The van der Waals surface area contributed by atoms with Gasteiger partial charge in [0.2, 0.25) is 0 Å². The van der Waals surface area contributed by atoms with E-state index in [1.165, 1.54) is 125 Å². The second kappa shape index (κ2) is 12.7. The molecule has 0 aliphatic heterocycles. The van der Waals surface area contributed by atoms with Gasteiger partial charge in [-0.2, -0.15) is 0 Å². The first-order chi connectivity index (χ1) is 28.7. The Kier molecular flexibility index (Phi) is 7.19. The van der Waals surface area contributed by atoms with Gasteiger partial charge in [0, 0.05) is 40.3 Å². The van der Waals surface area contributed by atoms with E-state index in [0.29, 0.717) is 0 Å². The quantitative estimate of drug-likeness (QED) is 0.155. The van der Waals surface area contributed by atoms with Crippen LogP contribution in [0, 0.1) is 0 Å². The van der Waals surface area contributed by atoms with Gasteiger partial charge >= 0.3 is 0 Å². The maximum absolute atomic E-state index is 2.38. The lowest BCUT2D eigenvalue weighted by molar-refractivity contribution is 1.62. The molecule has 0 fully saturated rings. The number of fused-ring (bicyclic) bond motifs is 12. The zero-order chi connectivity index (χ0) is 37.9. The van der Waals surface area contributed by atoms with Crippen LogP contribution < -0.4 is 0 Å². The Hall–Kier alpha value is -6.14. The third-order valence-electron chi connectivity index (χ3n) is 11.9. The fraction of sp³-hybridized carbons (Fsp3) is 0. The molecule has 0 aliphatic rings. The zero-order valence-corrected chi connectivity index (χ0v) is 34.2. The van der Waals surface area contributed by atoms with Crippen LogP contribution in [0.4, 0.5) is 0 Å². The van der Waals surface area contributed by atoms with Gasteiger partial charge in [-0.15, -0.1) is 45.3 Å². The molecular weight excluding hydrogens is 777 g/mol. The highest BCUT2D eigenvalue weighted by atomic mass is 32.1. The minimum atomic E-state index is 1.24. The van der Waals surface area contributed by atoms with Crippen LogP contribution in [0.5, 0.6) is 0 Å². The van der Waals surface area contributed by atoms with Gasteiger partial charge in [-0.25, -0.2) is 0 Å². The molecule has 0 unspecified atom stereocenters. The molecule has 0 saturated heterocycles. The molecule has 9 aromatic carbocycles. The summed E-state index contributed by atoms with van der Waals surface area (Å²) in [5.41, 5.74) is 10.0. The van der Waals surface area contributed by atoms with Crippen molar-refractivity contribution in [3.8, 4) is 44.5 Å². The van der Waals surface area contributed by atoms with Gasteiger partial charge in [-0.3, -0.25) is 0 Å². The molecule has 0 atom stereocenters. The zero-order valence-electron chi connectivity index (χ0n) is 31.0. The first kappa shape index (κ1) is 32.9. The minimum absolute atomic E-state index is 1.24. The first-order valence-corrected chi connectivity index (χ1v) is 22.8. The maximum Gasteiger partial charge on any atom is 0.0542 e. The molecule has 4 heterocycles. The van der Waals surface area contributed by atoms with Crippen molar-refractivity contribution in [3.63, 3.8) is 0 Å². The molecule has 58 heavy (non-hydrogen) atoms. The number of rotatable bonds is 4. The van der Waals surface area contributed by atoms with Crippen molar-refractivity contribution < 1.29 is 0 Å². The van der Waals surface area contributed by atoms with Crippen molar-refractivity contribution >= 4 is 126 Å². The van der Waals surface area contributed by atoms with Gasteiger partial charge in [0.1, 0.15) is 0 Å². The molecular formula is C54H30S4. The van der Waals surface area contributed by atoms with Crippen LogP contribution in [-0.4, -0.2) is 0 Å². The van der Waals surface area contributed by atoms with Crippen LogP contribution in [0.3, 0.4) is 0 Å². The van der Waals surface area contributed by atoms with Crippen molar-refractivity contribution in [1.29, 1.82) is 0 Å². The SMILES string of the molecule is c1ccc2c(c1)sc1c3ccc(-c4ccc(-c5c6ccccc6c(-c6ccc(-c7ccc8c(c7)sc7c9ccccc9sc87)cc6)c6ccccc56)cc4)cc3sc21. The standard InChI is InChI=1S/C54H30S4/c1-2-10-38-37(9-1)49(33-21-17-31(18-22-33)35-25-27-43-47(29-35)57-51-41-13-5-7-15-45(41)55-53(43)51)39-11-3-4-12-40(39)50(38)34-23-19-32(20-24-34)36-26-28-44-48(30-36)58-52-42-14-6-8-16-46(42)56-54(44)52/h1-30H. The lowest BCUT2D eigenvalue weighted by atomic mass is 9.85. The predicted molar refractivity (Wildman–Crippen MR) is 260 cm³/mol. The van der Waals surface area contributed by atoms with Crippen molar-refractivity contribution in [2.24, 2.45) is 0 Å². The molecule has 0 radical (unpaired) electrons. The Morgan fingerprint density at radius 2 is 0.483 bits per heavy atom. The highest BCUT2D eigenvalue weighted by molar-refractivity contribution is 7.37. The summed E-state index contributed by atoms with van der Waals surface area (Å²) >= 11 is 7.67. The number of benzene rings is 9. The summed E-state index contributed by atoms with van der Waals surface area (Å²) in [5, 5.41) is 10.6. The molecule has 0 aliphatic carbocycles. The van der Waals surface area contributed by atoms with Crippen molar-refractivity contribution in [1.82, 2.24) is 0 Å². The van der Waals surface area contributed by atoms with Gasteiger partial charge in [-0.05, 0) is 90.3 Å². The molecule has 0 spiro atoms. The lowest BCUT2D eigenvalue weighted by Gasteiger charge is -2.18. The molecule has 13 aromatic rings. The molecule has 0 saturated carbocycles. The first-order valence-electron chi connectivity index (χ1n) is 19.6. The molecule has 0 amide bonds. The number of hydrogen-bond donors (Lipinski definition) is 0. The van der Waals surface area contributed by atoms with E-state index >= 15 is 0 Å². The Bertz CT molecular complexity index is 3470. The molecule has 4 aromatic heterocycles. The van der Waals surface area contributed by atoms with Gasteiger partial charge < -0.3 is 0 Å². The molecule has 4 heteroatoms. The monoisotopic (exact) mass is 806 g/mol. The summed E-state index contributed by atoms with van der Waals surface area (Å²) in [5.74, 6) is 0. The summed E-state index contributed by atoms with van der Waals surface area (Å²) in [7, 11) is 0. The number of thiophene rings is 4. The van der Waals surface area contributed by atoms with E-state index in [9.17, 15) is 0 Å². The summed E-state index contributed by atoms with van der Waals surface area (Å²) in [4.78, 5) is 0. The second-order valence-corrected chi connectivity index (χ2v) is 19.3. The van der Waals surface area contributed by atoms with Crippen LogP contribution in [0.2, 0.25) is 0 Å². The average molecular weight is 807 g/mol. The topological polar surface area (TPSA) is 0 Å². The van der Waals surface area contributed by atoms with E-state index in [0.717, 1.165) is 0 Å². The van der Waals surface area contributed by atoms with E-state index in [1.807, 2.05) is 45.3 Å². The van der Waals surface area contributed by atoms with Crippen LogP contribution in [0.15, 0.2) is 182 Å². The molecule has 0 nitrogen and oxygen atoms in total. The Morgan fingerprint density at radius 3 is 0.862 bits per heavy atom. The van der Waals surface area contributed by atoms with Crippen molar-refractivity contribution in [3.05, 3.63) is 182 Å². The third kappa shape index (κ3) is 4.90. The third-order valence-corrected chi connectivity index (χ3v) is 17.0. The summed E-state index contributed by atoms with van der Waals surface area (Å²) in [6.45, 7) is 0. The summed E-state index contributed by atoms with van der Waals surface area (Å²) < 4.78 is 11.1. The summed E-state index contributed by atoms with van der Waals surface area (Å²) in [6, 6.07) is 68.0. The van der Waals surface area contributed by atoms with Crippen molar-refractivity contribution in [2.75, 3.05) is 0 Å². The van der Waals surface area contributed by atoms with E-state index in [1.54, 1.807) is 0 Å². The normalized spacial score (nSPS) is 12.1. The van der Waals surface area contributed by atoms with Crippen LogP contribution in [0.1, 0.15) is 0 Å². The molecule has 13 rings (SSSR count). The Morgan fingerprint density at radius 1 is 0.207 bits per heavy atom. The molecule has 270 valence electrons. The Balaban J connectivity index is 0.880. The second-order valence-electron chi connectivity index (χ2n) is 15.1. The Labute approximate surface area is 350 Å². The van der Waals surface area contributed by atoms with Crippen LogP contribution in [-0.2, 0) is 0 Å². The van der Waals surface area contributed by atoms with E-state index in [4.69, 9.17) is 0 Å². The van der Waals surface area contributed by atoms with Crippen LogP contribution >= 0.6 is 45.3 Å². The van der Waals surface area contributed by atoms with Gasteiger partial charge in [0.05, 0.1) is 18.8 Å². The highest BCUT2D eigenvalue weighted by Gasteiger charge is 2.18. The molecule has 0 N–H and O–H groups in total. The predicted octanol–water partition coefficient (Wildman–Crippen LogP) is 17.8. The van der Waals surface area contributed by atoms with Crippen LogP contribution in [0.25, 0.3) is 125 Å². The smallest absolute Gasteiger partial charge is 0.0542 e. The largest absolute Gasteiger partial charge is 0.134 e. The van der Waals surface area contributed by atoms with E-state index < -0.39 is 0 Å². The molecule has 0 bridgehead atoms. The van der Waals surface area contributed by atoms with Crippen molar-refractivity contribution in [2.45, 2.75) is 0 Å². The van der Waals surface area contributed by atoms with E-state index in [-0.39, 0.29) is 0 Å². The maximum atomic E-state index is 2.38. The number of hydrogen-bond acceptors (Lipinski definition) is 4. The van der Waals surface area contributed by atoms with Gasteiger partial charge in [-0.1, -0.05) is 158 Å². The lowest BCUT2D eigenvalue weighted by Crippen LogP contribution is -1.91.